The molecule has 6 nitrogen and oxygen atoms in total. The van der Waals surface area contributed by atoms with Gasteiger partial charge in [0.2, 0.25) is 0 Å². The average Bonchev–Trinajstić information content (AvgIpc) is 3.85. The minimum Gasteiger partial charge on any atom is -0.388 e. The highest BCUT2D eigenvalue weighted by Gasteiger charge is 2.48. The summed E-state index contributed by atoms with van der Waals surface area (Å²) in [6, 6.07) is 24.7. The molecule has 0 aliphatic heterocycles. The molecule has 10 heteroatoms. The fraction of sp³-hybridized carbons (Fsp3) is 0.327. The van der Waals surface area contributed by atoms with Crippen LogP contribution in [0.25, 0.3) is 23.5 Å². The first-order chi connectivity index (χ1) is 28.9. The fourth-order valence-corrected chi connectivity index (χ4v) is 10.3. The van der Waals surface area contributed by atoms with Gasteiger partial charge in [-0.15, -0.1) is 0 Å². The van der Waals surface area contributed by atoms with E-state index in [0.29, 0.717) is 5.56 Å². The number of fused-ring (bicyclic) bond motifs is 4. The van der Waals surface area contributed by atoms with E-state index in [4.69, 9.17) is 0 Å². The Morgan fingerprint density at radius 3 is 1.55 bits per heavy atom. The Kier molecular flexibility index (Phi) is 12.5. The van der Waals surface area contributed by atoms with Gasteiger partial charge in [0.05, 0.1) is 41.3 Å². The van der Waals surface area contributed by atoms with E-state index < -0.39 is 6.10 Å². The van der Waals surface area contributed by atoms with Crippen LogP contribution in [0.15, 0.2) is 121 Å². The molecule has 5 atom stereocenters. The van der Waals surface area contributed by atoms with Crippen molar-refractivity contribution in [2.24, 2.45) is 22.7 Å². The van der Waals surface area contributed by atoms with Crippen molar-refractivity contribution in [2.75, 3.05) is 0 Å². The predicted molar refractivity (Wildman–Crippen MR) is 237 cm³/mol. The maximum atomic E-state index is 13.3. The number of carbonyl (C=O) groups excluding carboxylic acids is 1. The monoisotopic (exact) mass is 842 g/mol. The Balaban J connectivity index is 0.000000181. The molecule has 2 saturated carbocycles. The van der Waals surface area contributed by atoms with Crippen LogP contribution >= 0.6 is 0 Å². The summed E-state index contributed by atoms with van der Waals surface area (Å²) in [7, 11) is 0. The van der Waals surface area contributed by atoms with Crippen molar-refractivity contribution in [3.05, 3.63) is 178 Å². The van der Waals surface area contributed by atoms with Crippen LogP contribution in [0, 0.1) is 45.9 Å². The van der Waals surface area contributed by atoms with Gasteiger partial charge in [0.25, 0.3) is 0 Å². The fourth-order valence-electron chi connectivity index (χ4n) is 10.3. The molecule has 4 aromatic carbocycles. The molecular formula is C52H54F4N4O2. The minimum absolute atomic E-state index is 0. The third-order valence-electron chi connectivity index (χ3n) is 13.6. The summed E-state index contributed by atoms with van der Waals surface area (Å²) < 4.78 is 57.0. The minimum atomic E-state index is -0.645. The first-order valence-electron chi connectivity index (χ1n) is 20.7. The second-order valence-corrected chi connectivity index (χ2v) is 17.2. The van der Waals surface area contributed by atoms with Gasteiger partial charge in [-0.2, -0.15) is 10.2 Å². The number of allylic oxidation sites excluding steroid dienone is 2. The molecule has 0 unspecified atom stereocenters. The van der Waals surface area contributed by atoms with E-state index >= 15 is 0 Å². The summed E-state index contributed by atoms with van der Waals surface area (Å²) in [6.45, 7) is 4.40. The second kappa shape index (κ2) is 17.5. The maximum Gasteiger partial charge on any atom is 0.166 e. The van der Waals surface area contributed by atoms with Crippen LogP contribution in [-0.4, -0.2) is 30.5 Å². The van der Waals surface area contributed by atoms with Crippen LogP contribution < -0.4 is 0 Å². The maximum absolute atomic E-state index is 13.3. The molecule has 62 heavy (non-hydrogen) atoms. The Morgan fingerprint density at radius 2 is 1.05 bits per heavy atom. The van der Waals surface area contributed by atoms with Gasteiger partial charge < -0.3 is 5.11 Å². The average molecular weight is 843 g/mol. The van der Waals surface area contributed by atoms with Crippen molar-refractivity contribution in [3.8, 4) is 11.4 Å². The van der Waals surface area contributed by atoms with Gasteiger partial charge in [0, 0.05) is 16.9 Å². The van der Waals surface area contributed by atoms with Crippen LogP contribution in [-0.2, 0) is 12.8 Å². The van der Waals surface area contributed by atoms with E-state index in [1.165, 1.54) is 59.7 Å². The SMILES string of the molecule is C.C.C[C@]12Cc3cnn(-c4ccc(F)cc4)c3C=C1CCC[C@@H]2C(=O)c1ccc(F)cc1.C[C@]12Cc3cnn(-c4ccc(F)cc4)c3C=C1CCC[C@@H]2[C@@H](O)c1ccc(F)cc1. The van der Waals surface area contributed by atoms with Gasteiger partial charge in [-0.1, -0.05) is 52.0 Å². The van der Waals surface area contributed by atoms with Gasteiger partial charge in [-0.3, -0.25) is 4.79 Å². The van der Waals surface area contributed by atoms with Crippen molar-refractivity contribution < 1.29 is 27.5 Å². The lowest BCUT2D eigenvalue weighted by Gasteiger charge is -2.47. The van der Waals surface area contributed by atoms with Crippen molar-refractivity contribution in [2.45, 2.75) is 86.2 Å². The number of Topliss-reactive ketones (excluding diaryl/α,β-unsaturated/α-hetero) is 1. The second-order valence-electron chi connectivity index (χ2n) is 17.2. The normalized spacial score (nSPS) is 22.6. The van der Waals surface area contributed by atoms with Crippen molar-refractivity contribution >= 4 is 17.9 Å². The molecule has 0 spiro atoms. The number of halogens is 4. The van der Waals surface area contributed by atoms with Crippen LogP contribution in [0.1, 0.15) is 112 Å². The molecule has 0 bridgehead atoms. The number of rotatable bonds is 6. The molecule has 0 amide bonds. The zero-order valence-electron chi connectivity index (χ0n) is 33.6. The lowest BCUT2D eigenvalue weighted by molar-refractivity contribution is 0.0216. The van der Waals surface area contributed by atoms with E-state index in [0.717, 1.165) is 90.8 Å². The smallest absolute Gasteiger partial charge is 0.166 e. The summed E-state index contributed by atoms with van der Waals surface area (Å²) in [4.78, 5) is 13.3. The number of hydrogen-bond acceptors (Lipinski definition) is 4. The van der Waals surface area contributed by atoms with Crippen LogP contribution in [0.5, 0.6) is 0 Å². The molecule has 0 saturated heterocycles. The molecule has 6 aromatic rings. The van der Waals surface area contributed by atoms with Gasteiger partial charge >= 0.3 is 0 Å². The van der Waals surface area contributed by atoms with Crippen LogP contribution in [0.3, 0.4) is 0 Å². The first kappa shape index (κ1) is 44.2. The van der Waals surface area contributed by atoms with Gasteiger partial charge in [-0.25, -0.2) is 26.9 Å². The number of aliphatic hydroxyl groups excluding tert-OH is 1. The summed E-state index contributed by atoms with van der Waals surface area (Å²) in [6.07, 6.45) is 14.6. The quantitative estimate of drug-likeness (QED) is 0.134. The van der Waals surface area contributed by atoms with Gasteiger partial charge in [0.15, 0.2) is 5.78 Å². The highest BCUT2D eigenvalue weighted by molar-refractivity contribution is 5.99. The molecule has 4 aliphatic carbocycles. The number of benzene rings is 4. The summed E-state index contributed by atoms with van der Waals surface area (Å²) >= 11 is 0. The van der Waals surface area contributed by atoms with Crippen molar-refractivity contribution in [1.82, 2.24) is 19.6 Å². The standard InChI is InChI=1S/C25H24F2N2O.C25H22F2N2O.2CH4/c2*1-25-14-17-15-28-29(21-11-9-20(27)10-12-21)23(17)13-18(25)3-2-4-22(25)24(30)16-5-7-19(26)8-6-16;;/h5-13,15,22,24,30H,2-4,14H2,1H3;5-13,15,22H,2-4,14H2,1H3;2*1H4/t22-,24+,25+;22-,25+;;/m11../s1. The van der Waals surface area contributed by atoms with E-state index in [2.05, 4.69) is 36.2 Å². The molecule has 2 fully saturated rings. The Hall–Kier alpha value is -5.87. The van der Waals surface area contributed by atoms with Crippen molar-refractivity contribution in [3.63, 3.8) is 0 Å². The predicted octanol–water partition coefficient (Wildman–Crippen LogP) is 12.7. The Labute approximate surface area is 361 Å². The van der Waals surface area contributed by atoms with E-state index in [-0.39, 0.29) is 66.6 Å². The summed E-state index contributed by atoms with van der Waals surface area (Å²) in [5.41, 5.74) is 9.33. The Morgan fingerprint density at radius 1 is 0.629 bits per heavy atom. The van der Waals surface area contributed by atoms with E-state index in [1.807, 2.05) is 21.8 Å². The van der Waals surface area contributed by atoms with E-state index in [1.54, 1.807) is 48.5 Å². The van der Waals surface area contributed by atoms with Crippen molar-refractivity contribution in [1.29, 1.82) is 0 Å². The zero-order chi connectivity index (χ0) is 41.8. The molecule has 1 N–H and O–H groups in total. The third-order valence-corrected chi connectivity index (χ3v) is 13.6. The van der Waals surface area contributed by atoms with Crippen LogP contribution in [0.2, 0.25) is 0 Å². The molecule has 2 aromatic heterocycles. The number of nitrogens with zero attached hydrogens (tertiary/aromatic N) is 4. The molecule has 322 valence electrons. The topological polar surface area (TPSA) is 72.9 Å². The largest absolute Gasteiger partial charge is 0.388 e. The molecule has 4 aliphatic rings. The molecular weight excluding hydrogens is 789 g/mol. The highest BCUT2D eigenvalue weighted by Crippen LogP contribution is 2.55. The lowest BCUT2D eigenvalue weighted by atomic mass is 9.57. The third kappa shape index (κ3) is 8.01. The van der Waals surface area contributed by atoms with Gasteiger partial charge in [0.1, 0.15) is 23.3 Å². The number of aromatic nitrogens is 4. The first-order valence-corrected chi connectivity index (χ1v) is 20.7. The van der Waals surface area contributed by atoms with E-state index in [9.17, 15) is 27.5 Å². The molecule has 2 heterocycles. The molecule has 0 radical (unpaired) electrons. The van der Waals surface area contributed by atoms with Crippen LogP contribution in [0.4, 0.5) is 17.6 Å². The number of hydrogen-bond donors (Lipinski definition) is 1. The number of ketones is 1. The number of carbonyl (C=O) groups is 1. The molecule has 10 rings (SSSR count). The summed E-state index contributed by atoms with van der Waals surface area (Å²) in [5.74, 6) is -1.20. The zero-order valence-corrected chi connectivity index (χ0v) is 33.6. The lowest BCUT2D eigenvalue weighted by Crippen LogP contribution is -2.41. The number of aliphatic hydroxyl groups is 1. The Bertz CT molecular complexity index is 2610. The van der Waals surface area contributed by atoms with Gasteiger partial charge in [-0.05, 0) is 176 Å². The summed E-state index contributed by atoms with van der Waals surface area (Å²) in [5, 5.41) is 20.3. The highest BCUT2D eigenvalue weighted by atomic mass is 19.1.